The fourth-order valence-corrected chi connectivity index (χ4v) is 5.78. The number of nitrogens with zero attached hydrogens (tertiary/aromatic N) is 2. The Balaban J connectivity index is 1.78. The molecule has 0 amide bonds. The fourth-order valence-electron chi connectivity index (χ4n) is 4.66. The molecule has 0 bridgehead atoms. The van der Waals surface area contributed by atoms with E-state index in [2.05, 4.69) is 28.6 Å². The molecule has 1 aromatic heterocycles. The van der Waals surface area contributed by atoms with E-state index in [4.69, 9.17) is 0 Å². The molecule has 1 aliphatic carbocycles. The van der Waals surface area contributed by atoms with E-state index in [0.717, 1.165) is 16.9 Å². The summed E-state index contributed by atoms with van der Waals surface area (Å²) in [5.74, 6) is 0.183. The van der Waals surface area contributed by atoms with E-state index < -0.39 is 38.0 Å². The summed E-state index contributed by atoms with van der Waals surface area (Å²) in [6.07, 6.45) is -6.34. The molecular weight excluding hydrogens is 468 g/mol. The molecule has 3 nitrogen and oxygen atoms in total. The van der Waals surface area contributed by atoms with Gasteiger partial charge in [0.2, 0.25) is 6.43 Å². The van der Waals surface area contributed by atoms with Gasteiger partial charge in [-0.1, -0.05) is 20.1 Å². The Morgan fingerprint density at radius 3 is 2.38 bits per heavy atom. The van der Waals surface area contributed by atoms with Crippen LogP contribution in [0.25, 0.3) is 10.9 Å². The predicted molar refractivity (Wildman–Crippen MR) is 128 cm³/mol. The number of aryl methyl sites for hydroxylation is 1. The van der Waals surface area contributed by atoms with Crippen molar-refractivity contribution in [3.63, 3.8) is 0 Å². The van der Waals surface area contributed by atoms with Crippen LogP contribution in [0.1, 0.15) is 53.4 Å². The molecule has 1 saturated carbocycles. The maximum atomic E-state index is 13.4. The Hall–Kier alpha value is -2.34. The number of benzene rings is 2. The summed E-state index contributed by atoms with van der Waals surface area (Å²) in [4.78, 5) is 9.09. The molecule has 1 aliphatic rings. The van der Waals surface area contributed by atoms with E-state index in [1.165, 1.54) is 13.0 Å². The number of hydrogen-bond acceptors (Lipinski definition) is 3. The number of aromatic nitrogens is 2. The van der Waals surface area contributed by atoms with E-state index in [0.29, 0.717) is 34.5 Å². The minimum atomic E-state index is -4.44. The third kappa shape index (κ3) is 4.74. The number of nitrogens with one attached hydrogen (secondary N) is 1. The maximum absolute atomic E-state index is 13.4. The van der Waals surface area contributed by atoms with Gasteiger partial charge in [-0.05, 0) is 86.6 Å². The first-order chi connectivity index (χ1) is 15.9. The average molecular weight is 495 g/mol. The second-order valence-corrected chi connectivity index (χ2v) is 11.4. The summed E-state index contributed by atoms with van der Waals surface area (Å²) in [5, 5.41) is 5.02. The molecule has 0 spiro atoms. The second-order valence-electron chi connectivity index (χ2n) is 9.17. The van der Waals surface area contributed by atoms with Crippen molar-refractivity contribution >= 4 is 29.9 Å². The van der Waals surface area contributed by atoms with Gasteiger partial charge in [0.25, 0.3) is 0 Å². The normalized spacial score (nSPS) is 19.2. The molecule has 0 radical (unpaired) electrons. The first-order valence-electron chi connectivity index (χ1n) is 11.1. The van der Waals surface area contributed by atoms with Crippen LogP contribution in [0, 0.1) is 19.8 Å². The molecule has 0 aliphatic heterocycles. The molecule has 9 heteroatoms. The number of anilines is 1. The minimum absolute atomic E-state index is 0.161. The van der Waals surface area contributed by atoms with E-state index in [1.54, 1.807) is 19.9 Å². The lowest BCUT2D eigenvalue weighted by molar-refractivity contribution is -0.138. The van der Waals surface area contributed by atoms with E-state index in [-0.39, 0.29) is 11.5 Å². The van der Waals surface area contributed by atoms with Gasteiger partial charge in [0.15, 0.2) is 0 Å². The third-order valence-corrected chi connectivity index (χ3v) is 7.85. The van der Waals surface area contributed by atoms with Gasteiger partial charge in [-0.2, -0.15) is 13.2 Å². The van der Waals surface area contributed by atoms with Crippen molar-refractivity contribution in [2.75, 3.05) is 18.6 Å². The van der Waals surface area contributed by atoms with Gasteiger partial charge in [0.1, 0.15) is 11.6 Å². The molecule has 34 heavy (non-hydrogen) atoms. The molecule has 4 rings (SSSR count). The molecule has 1 N–H and O–H groups in total. The van der Waals surface area contributed by atoms with Crippen molar-refractivity contribution in [1.29, 1.82) is 0 Å². The van der Waals surface area contributed by atoms with Crippen LogP contribution in [0.3, 0.4) is 0 Å². The van der Waals surface area contributed by atoms with Crippen LogP contribution in [-0.4, -0.2) is 29.7 Å². The zero-order valence-electron chi connectivity index (χ0n) is 19.6. The zero-order chi connectivity index (χ0) is 24.9. The number of alkyl halides is 5. The molecular formula is C25H27F5N3P. The highest BCUT2D eigenvalue weighted by atomic mass is 31.1. The first-order valence-corrected chi connectivity index (χ1v) is 13.3. The minimum Gasteiger partial charge on any atom is -0.363 e. The van der Waals surface area contributed by atoms with Gasteiger partial charge in [-0.3, -0.25) is 0 Å². The largest absolute Gasteiger partial charge is 0.416 e. The summed E-state index contributed by atoms with van der Waals surface area (Å²) in [5.41, 5.74) is 1.62. The Morgan fingerprint density at radius 2 is 1.79 bits per heavy atom. The van der Waals surface area contributed by atoms with Crippen LogP contribution in [0.5, 0.6) is 0 Å². The van der Waals surface area contributed by atoms with Crippen molar-refractivity contribution in [1.82, 2.24) is 9.97 Å². The summed E-state index contributed by atoms with van der Waals surface area (Å²) in [6.45, 7) is 9.18. The van der Waals surface area contributed by atoms with Crippen molar-refractivity contribution in [2.24, 2.45) is 5.92 Å². The van der Waals surface area contributed by atoms with Gasteiger partial charge in [-0.25, -0.2) is 18.7 Å². The van der Waals surface area contributed by atoms with Crippen LogP contribution in [0.15, 0.2) is 30.3 Å². The monoisotopic (exact) mass is 495 g/mol. The highest BCUT2D eigenvalue weighted by Gasteiger charge is 2.46. The van der Waals surface area contributed by atoms with Gasteiger partial charge in [0, 0.05) is 11.3 Å². The number of rotatable bonds is 6. The predicted octanol–water partition coefficient (Wildman–Crippen LogP) is 7.17. The molecule has 2 aromatic carbocycles. The molecule has 0 unspecified atom stereocenters. The Kier molecular flexibility index (Phi) is 6.58. The molecule has 1 heterocycles. The van der Waals surface area contributed by atoms with Crippen LogP contribution in [0.4, 0.5) is 27.8 Å². The standard InChI is InChI=1S/C25H27F5N3P/c1-12-15(7-6-8-20(12)25(28,29)30)13(2)31-24-19-10-17(16-9-18(16)23(26)27)22(34(4)5)11-21(19)32-14(3)33-24/h6-8,10-11,13,16,18,23H,9H2,1-5H3,(H,31,32,33)/t13-,16-,18+/m1/s1. The number of halogens is 5. The van der Waals surface area contributed by atoms with Crippen molar-refractivity contribution in [3.05, 3.63) is 58.4 Å². The molecule has 0 saturated heterocycles. The lowest BCUT2D eigenvalue weighted by atomic mass is 9.97. The Morgan fingerprint density at radius 1 is 1.09 bits per heavy atom. The van der Waals surface area contributed by atoms with Crippen LogP contribution < -0.4 is 10.6 Å². The van der Waals surface area contributed by atoms with E-state index in [1.807, 2.05) is 12.1 Å². The van der Waals surface area contributed by atoms with Crippen LogP contribution in [-0.2, 0) is 6.18 Å². The molecule has 182 valence electrons. The molecule has 3 aromatic rings. The number of fused-ring (bicyclic) bond motifs is 1. The van der Waals surface area contributed by atoms with Crippen molar-refractivity contribution in [3.8, 4) is 0 Å². The summed E-state index contributed by atoms with van der Waals surface area (Å²) < 4.78 is 66.9. The maximum Gasteiger partial charge on any atom is 0.416 e. The average Bonchev–Trinajstić information content (AvgIpc) is 3.53. The lowest BCUT2D eigenvalue weighted by Crippen LogP contribution is -2.15. The smallest absolute Gasteiger partial charge is 0.363 e. The second kappa shape index (κ2) is 9.03. The topological polar surface area (TPSA) is 37.8 Å². The van der Waals surface area contributed by atoms with E-state index in [9.17, 15) is 22.0 Å². The van der Waals surface area contributed by atoms with Gasteiger partial charge >= 0.3 is 6.18 Å². The molecule has 1 fully saturated rings. The summed E-state index contributed by atoms with van der Waals surface area (Å²) in [6, 6.07) is 7.56. The Labute approximate surface area is 196 Å². The zero-order valence-corrected chi connectivity index (χ0v) is 20.5. The fraction of sp³-hybridized carbons (Fsp3) is 0.440. The summed E-state index contributed by atoms with van der Waals surface area (Å²) >= 11 is 0. The highest BCUT2D eigenvalue weighted by molar-refractivity contribution is 7.64. The van der Waals surface area contributed by atoms with Gasteiger partial charge in [-0.15, -0.1) is 0 Å². The highest BCUT2D eigenvalue weighted by Crippen LogP contribution is 2.52. The van der Waals surface area contributed by atoms with Crippen LogP contribution in [0.2, 0.25) is 0 Å². The van der Waals surface area contributed by atoms with Crippen LogP contribution >= 0.6 is 7.92 Å². The van der Waals surface area contributed by atoms with Crippen molar-refractivity contribution in [2.45, 2.75) is 51.8 Å². The third-order valence-electron chi connectivity index (χ3n) is 6.50. The number of hydrogen-bond donors (Lipinski definition) is 1. The lowest BCUT2D eigenvalue weighted by Gasteiger charge is -2.22. The van der Waals surface area contributed by atoms with E-state index >= 15 is 0 Å². The van der Waals surface area contributed by atoms with Crippen molar-refractivity contribution < 1.29 is 22.0 Å². The summed E-state index contributed by atoms with van der Waals surface area (Å²) in [7, 11) is -0.544. The first kappa shape index (κ1) is 24.8. The Bertz CT molecular complexity index is 1230. The SMILES string of the molecule is Cc1nc(N[C@H](C)c2cccc(C(F)(F)F)c2C)c2cc([C@H]3C[C@@H]3C(F)F)c(P(C)C)cc2n1. The molecule has 3 atom stereocenters. The quantitative estimate of drug-likeness (QED) is 0.291. The van der Waals surface area contributed by atoms with Gasteiger partial charge < -0.3 is 5.32 Å². The van der Waals surface area contributed by atoms with Gasteiger partial charge in [0.05, 0.1) is 17.1 Å².